The van der Waals surface area contributed by atoms with Crippen LogP contribution in [0.25, 0.3) is 11.1 Å². The Bertz CT molecular complexity index is 837. The van der Waals surface area contributed by atoms with E-state index in [2.05, 4.69) is 12.1 Å². The van der Waals surface area contributed by atoms with Crippen molar-refractivity contribution in [3.05, 3.63) is 53.6 Å². The summed E-state index contributed by atoms with van der Waals surface area (Å²) in [6.45, 7) is 4.36. The fourth-order valence-corrected chi connectivity index (χ4v) is 3.55. The first kappa shape index (κ1) is 24.4. The summed E-state index contributed by atoms with van der Waals surface area (Å²) in [6.07, 6.45) is 1.89. The lowest BCUT2D eigenvalue weighted by Gasteiger charge is -2.13. The van der Waals surface area contributed by atoms with Gasteiger partial charge in [-0.25, -0.2) is 0 Å². The standard InChI is InChI=1S/C25H32O7/c26-10-14-28-11-4-12-29-15-17-31-18-16-30-13-9-20-5-1-2-6-21(20)22-7-3-8-24-23(22)19-25(27)32-24/h1-3,5-8,26H,4,9-19H2. The summed E-state index contributed by atoms with van der Waals surface area (Å²) in [4.78, 5) is 11.7. The first-order chi connectivity index (χ1) is 15.8. The highest BCUT2D eigenvalue weighted by molar-refractivity contribution is 5.87. The molecule has 1 aliphatic heterocycles. The highest BCUT2D eigenvalue weighted by atomic mass is 16.5. The molecule has 0 unspecified atom stereocenters. The van der Waals surface area contributed by atoms with E-state index in [9.17, 15) is 4.79 Å². The number of fused-ring (bicyclic) bond motifs is 1. The van der Waals surface area contributed by atoms with Crippen LogP contribution in [0, 0.1) is 0 Å². The average Bonchev–Trinajstić information content (AvgIpc) is 3.20. The molecule has 174 valence electrons. The van der Waals surface area contributed by atoms with E-state index in [0.29, 0.717) is 65.0 Å². The second-order valence-corrected chi connectivity index (χ2v) is 7.37. The predicted molar refractivity (Wildman–Crippen MR) is 120 cm³/mol. The van der Waals surface area contributed by atoms with Crippen molar-refractivity contribution in [3.8, 4) is 16.9 Å². The maximum absolute atomic E-state index is 11.7. The molecule has 3 rings (SSSR count). The Morgan fingerprint density at radius 2 is 1.41 bits per heavy atom. The zero-order valence-electron chi connectivity index (χ0n) is 18.4. The average molecular weight is 445 g/mol. The van der Waals surface area contributed by atoms with E-state index in [4.69, 9.17) is 28.8 Å². The Morgan fingerprint density at radius 3 is 2.19 bits per heavy atom. The van der Waals surface area contributed by atoms with Crippen molar-refractivity contribution in [3.63, 3.8) is 0 Å². The molecule has 1 N–H and O–H groups in total. The van der Waals surface area contributed by atoms with Crippen molar-refractivity contribution in [2.45, 2.75) is 19.3 Å². The molecule has 7 heteroatoms. The normalized spacial score (nSPS) is 12.7. The molecule has 7 nitrogen and oxygen atoms in total. The number of aliphatic hydroxyl groups excluding tert-OH is 1. The molecule has 1 aliphatic rings. The van der Waals surface area contributed by atoms with E-state index in [1.807, 2.05) is 30.3 Å². The Kier molecular flexibility index (Phi) is 10.6. The van der Waals surface area contributed by atoms with Gasteiger partial charge in [0.1, 0.15) is 5.75 Å². The maximum atomic E-state index is 11.7. The summed E-state index contributed by atoms with van der Waals surface area (Å²) >= 11 is 0. The molecule has 0 atom stereocenters. The van der Waals surface area contributed by atoms with Crippen LogP contribution in [0.15, 0.2) is 42.5 Å². The molecule has 0 saturated carbocycles. The number of aliphatic hydroxyl groups is 1. The number of carbonyl (C=O) groups excluding carboxylic acids is 1. The largest absolute Gasteiger partial charge is 0.426 e. The summed E-state index contributed by atoms with van der Waals surface area (Å²) in [7, 11) is 0. The van der Waals surface area contributed by atoms with Gasteiger partial charge in [-0.15, -0.1) is 0 Å². The van der Waals surface area contributed by atoms with Crippen LogP contribution in [-0.2, 0) is 36.6 Å². The minimum Gasteiger partial charge on any atom is -0.426 e. The molecule has 2 aromatic rings. The van der Waals surface area contributed by atoms with Crippen LogP contribution in [0.4, 0.5) is 0 Å². The third-order valence-electron chi connectivity index (χ3n) is 5.06. The first-order valence-corrected chi connectivity index (χ1v) is 11.1. The SMILES string of the molecule is O=C1Cc2c(cccc2-c2ccccc2CCOCCOCCOCCCOCCO)O1. The van der Waals surface area contributed by atoms with E-state index in [0.717, 1.165) is 29.5 Å². The van der Waals surface area contributed by atoms with Crippen molar-refractivity contribution in [2.24, 2.45) is 0 Å². The molecule has 0 radical (unpaired) electrons. The number of benzene rings is 2. The fourth-order valence-electron chi connectivity index (χ4n) is 3.55. The Balaban J connectivity index is 1.31. The molecular weight excluding hydrogens is 412 g/mol. The highest BCUT2D eigenvalue weighted by Crippen LogP contribution is 2.36. The lowest BCUT2D eigenvalue weighted by Crippen LogP contribution is -2.11. The fraction of sp³-hybridized carbons (Fsp3) is 0.480. The lowest BCUT2D eigenvalue weighted by molar-refractivity contribution is -0.131. The van der Waals surface area contributed by atoms with Crippen LogP contribution < -0.4 is 4.74 Å². The molecule has 0 saturated heterocycles. The number of ether oxygens (including phenoxy) is 5. The molecule has 0 bridgehead atoms. The molecule has 0 amide bonds. The number of hydrogen-bond acceptors (Lipinski definition) is 7. The maximum Gasteiger partial charge on any atom is 0.315 e. The monoisotopic (exact) mass is 444 g/mol. The van der Waals surface area contributed by atoms with Crippen molar-refractivity contribution >= 4 is 5.97 Å². The van der Waals surface area contributed by atoms with Gasteiger partial charge in [0.25, 0.3) is 0 Å². The van der Waals surface area contributed by atoms with Gasteiger partial charge in [-0.1, -0.05) is 36.4 Å². The quantitative estimate of drug-likeness (QED) is 0.242. The highest BCUT2D eigenvalue weighted by Gasteiger charge is 2.24. The molecule has 2 aromatic carbocycles. The summed E-state index contributed by atoms with van der Waals surface area (Å²) < 4.78 is 27.2. The number of hydrogen-bond donors (Lipinski definition) is 1. The van der Waals surface area contributed by atoms with Gasteiger partial charge >= 0.3 is 5.97 Å². The molecule has 0 spiro atoms. The first-order valence-electron chi connectivity index (χ1n) is 11.1. The molecule has 1 heterocycles. The van der Waals surface area contributed by atoms with Gasteiger partial charge in [0.2, 0.25) is 0 Å². The van der Waals surface area contributed by atoms with Gasteiger partial charge in [-0.3, -0.25) is 4.79 Å². The van der Waals surface area contributed by atoms with Gasteiger partial charge in [0, 0.05) is 18.8 Å². The third kappa shape index (κ3) is 7.69. The van der Waals surface area contributed by atoms with Crippen molar-refractivity contribution in [1.29, 1.82) is 0 Å². The zero-order chi connectivity index (χ0) is 22.4. The van der Waals surface area contributed by atoms with Crippen molar-refractivity contribution < 1.29 is 33.6 Å². The molecular formula is C25H32O7. The Hall–Kier alpha value is -2.29. The van der Waals surface area contributed by atoms with Crippen LogP contribution in [0.2, 0.25) is 0 Å². The van der Waals surface area contributed by atoms with E-state index in [1.165, 1.54) is 5.56 Å². The van der Waals surface area contributed by atoms with Gasteiger partial charge < -0.3 is 28.8 Å². The van der Waals surface area contributed by atoms with Gasteiger partial charge in [0.05, 0.1) is 52.7 Å². The topological polar surface area (TPSA) is 83.5 Å². The van der Waals surface area contributed by atoms with Gasteiger partial charge in [-0.2, -0.15) is 0 Å². The number of carbonyl (C=O) groups is 1. The minimum atomic E-state index is -0.203. The summed E-state index contributed by atoms with van der Waals surface area (Å²) in [5.41, 5.74) is 4.30. The van der Waals surface area contributed by atoms with Crippen LogP contribution >= 0.6 is 0 Å². The van der Waals surface area contributed by atoms with Crippen molar-refractivity contribution in [1.82, 2.24) is 0 Å². The third-order valence-corrected chi connectivity index (χ3v) is 5.06. The lowest BCUT2D eigenvalue weighted by atomic mass is 9.93. The predicted octanol–water partition coefficient (Wildman–Crippen LogP) is 2.81. The molecule has 0 fully saturated rings. The minimum absolute atomic E-state index is 0.0513. The number of rotatable bonds is 16. The van der Waals surface area contributed by atoms with Gasteiger partial charge in [-0.05, 0) is 35.6 Å². The van der Waals surface area contributed by atoms with E-state index in [-0.39, 0.29) is 12.6 Å². The summed E-state index contributed by atoms with van der Waals surface area (Å²) in [5.74, 6) is 0.459. The van der Waals surface area contributed by atoms with Crippen LogP contribution in [0.5, 0.6) is 5.75 Å². The summed E-state index contributed by atoms with van der Waals surface area (Å²) in [5, 5.41) is 8.60. The van der Waals surface area contributed by atoms with Gasteiger partial charge in [0.15, 0.2) is 0 Å². The second-order valence-electron chi connectivity index (χ2n) is 7.37. The Morgan fingerprint density at radius 1 is 0.750 bits per heavy atom. The number of esters is 1. The van der Waals surface area contributed by atoms with E-state index < -0.39 is 0 Å². The molecule has 32 heavy (non-hydrogen) atoms. The van der Waals surface area contributed by atoms with E-state index in [1.54, 1.807) is 0 Å². The van der Waals surface area contributed by atoms with Crippen molar-refractivity contribution in [2.75, 3.05) is 59.5 Å². The van der Waals surface area contributed by atoms with Crippen LogP contribution in [0.1, 0.15) is 17.5 Å². The van der Waals surface area contributed by atoms with Crippen LogP contribution in [-0.4, -0.2) is 70.5 Å². The zero-order valence-corrected chi connectivity index (χ0v) is 18.4. The van der Waals surface area contributed by atoms with Crippen LogP contribution in [0.3, 0.4) is 0 Å². The summed E-state index contributed by atoms with van der Waals surface area (Å²) in [6, 6.07) is 14.0. The van der Waals surface area contributed by atoms with E-state index >= 15 is 0 Å². The molecule has 0 aliphatic carbocycles. The Labute approximate surface area is 189 Å². The smallest absolute Gasteiger partial charge is 0.315 e. The second kappa shape index (κ2) is 14.0. The molecule has 0 aromatic heterocycles.